The Kier molecular flexibility index (Phi) is 5.16. The molecule has 2 N–H and O–H groups in total. The summed E-state index contributed by atoms with van der Waals surface area (Å²) in [4.78, 5) is 25.2. The van der Waals surface area contributed by atoms with E-state index in [0.717, 1.165) is 22.2 Å². The average Bonchev–Trinajstić information content (AvgIpc) is 3.43. The number of nitrogens with zero attached hydrogens (tertiary/aromatic N) is 2. The zero-order valence-corrected chi connectivity index (χ0v) is 17.2. The molecule has 0 unspecified atom stereocenters. The summed E-state index contributed by atoms with van der Waals surface area (Å²) < 4.78 is 5.39. The van der Waals surface area contributed by atoms with Gasteiger partial charge in [-0.05, 0) is 17.7 Å². The van der Waals surface area contributed by atoms with Crippen LogP contribution in [-0.4, -0.2) is 21.0 Å². The van der Waals surface area contributed by atoms with Crippen LogP contribution in [0.3, 0.4) is 0 Å². The molecule has 0 bridgehead atoms. The summed E-state index contributed by atoms with van der Waals surface area (Å²) in [5.41, 5.74) is 4.31. The molecule has 1 amide bonds. The van der Waals surface area contributed by atoms with Crippen molar-refractivity contribution in [3.8, 4) is 22.1 Å². The number of rotatable bonds is 5. The Morgan fingerprint density at radius 2 is 1.61 bits per heavy atom. The average molecular weight is 427 g/mol. The number of hydrogen-bond donors (Lipinski definition) is 2. The number of H-pyrrole nitrogens is 1. The summed E-state index contributed by atoms with van der Waals surface area (Å²) >= 11 is 1.36. The number of hydrogen-bond acceptors (Lipinski definition) is 5. The van der Waals surface area contributed by atoms with E-state index in [0.29, 0.717) is 21.5 Å². The standard InChI is InChI=1S/C24H18N4O2S/c29-24(30-15-16-9-3-1-4-10-16)28-22-20(17-11-5-2-6-12-17)27-23(31-22)21-25-18-13-7-8-14-19(18)26-21/h1-14H,15H2,(H,25,26)(H,28,29). The van der Waals surface area contributed by atoms with Crippen LogP contribution in [0.1, 0.15) is 5.56 Å². The molecule has 0 aliphatic heterocycles. The molecule has 0 aliphatic rings. The maximum Gasteiger partial charge on any atom is 0.412 e. The van der Waals surface area contributed by atoms with Crippen LogP contribution >= 0.6 is 11.3 Å². The highest BCUT2D eigenvalue weighted by Crippen LogP contribution is 2.37. The van der Waals surface area contributed by atoms with Crippen molar-refractivity contribution in [3.63, 3.8) is 0 Å². The van der Waals surface area contributed by atoms with Crippen molar-refractivity contribution in [1.29, 1.82) is 0 Å². The number of para-hydroxylation sites is 2. The maximum atomic E-state index is 12.5. The van der Waals surface area contributed by atoms with E-state index in [9.17, 15) is 4.79 Å². The number of anilines is 1. The van der Waals surface area contributed by atoms with Crippen molar-refractivity contribution >= 4 is 33.5 Å². The zero-order valence-electron chi connectivity index (χ0n) is 16.4. The molecule has 7 heteroatoms. The van der Waals surface area contributed by atoms with Gasteiger partial charge in [0.15, 0.2) is 10.8 Å². The first-order valence-electron chi connectivity index (χ1n) is 9.75. The molecule has 31 heavy (non-hydrogen) atoms. The fraction of sp³-hybridized carbons (Fsp3) is 0.0417. The van der Waals surface area contributed by atoms with Gasteiger partial charge in [-0.25, -0.2) is 14.8 Å². The third kappa shape index (κ3) is 4.17. The van der Waals surface area contributed by atoms with Crippen molar-refractivity contribution in [2.45, 2.75) is 6.61 Å². The molecule has 2 heterocycles. The van der Waals surface area contributed by atoms with Crippen molar-refractivity contribution in [2.75, 3.05) is 5.32 Å². The van der Waals surface area contributed by atoms with Crippen LogP contribution in [0.4, 0.5) is 9.80 Å². The molecule has 152 valence electrons. The van der Waals surface area contributed by atoms with Gasteiger partial charge in [-0.1, -0.05) is 84.1 Å². The van der Waals surface area contributed by atoms with Gasteiger partial charge in [0, 0.05) is 5.56 Å². The van der Waals surface area contributed by atoms with E-state index in [1.807, 2.05) is 84.9 Å². The second-order valence-corrected chi connectivity index (χ2v) is 7.85. The molecule has 0 aliphatic carbocycles. The first-order chi connectivity index (χ1) is 15.3. The fourth-order valence-electron chi connectivity index (χ4n) is 3.20. The van der Waals surface area contributed by atoms with E-state index in [1.54, 1.807) is 0 Å². The molecule has 3 aromatic carbocycles. The highest BCUT2D eigenvalue weighted by atomic mass is 32.1. The van der Waals surface area contributed by atoms with Gasteiger partial charge in [0.25, 0.3) is 0 Å². The number of benzene rings is 3. The highest BCUT2D eigenvalue weighted by Gasteiger charge is 2.19. The second kappa shape index (κ2) is 8.41. The van der Waals surface area contributed by atoms with Gasteiger partial charge in [0.05, 0.1) is 11.0 Å². The molecule has 5 aromatic rings. The number of fused-ring (bicyclic) bond motifs is 1. The Balaban J connectivity index is 1.44. The van der Waals surface area contributed by atoms with E-state index in [1.165, 1.54) is 11.3 Å². The monoisotopic (exact) mass is 426 g/mol. The lowest BCUT2D eigenvalue weighted by molar-refractivity contribution is 0.155. The van der Waals surface area contributed by atoms with Crippen LogP contribution in [0.2, 0.25) is 0 Å². The molecule has 0 saturated heterocycles. The van der Waals surface area contributed by atoms with Gasteiger partial charge >= 0.3 is 6.09 Å². The van der Waals surface area contributed by atoms with Crippen molar-refractivity contribution in [3.05, 3.63) is 90.5 Å². The number of aromatic nitrogens is 3. The maximum absolute atomic E-state index is 12.5. The minimum Gasteiger partial charge on any atom is -0.444 e. The van der Waals surface area contributed by atoms with E-state index < -0.39 is 6.09 Å². The normalized spacial score (nSPS) is 10.8. The summed E-state index contributed by atoms with van der Waals surface area (Å²) in [6.45, 7) is 0.197. The Hall–Kier alpha value is -3.97. The Labute approximate surface area is 182 Å². The molecule has 5 rings (SSSR count). The number of aromatic amines is 1. The van der Waals surface area contributed by atoms with Gasteiger partial charge in [-0.3, -0.25) is 5.32 Å². The summed E-state index contributed by atoms with van der Waals surface area (Å²) in [5, 5.41) is 4.16. The lowest BCUT2D eigenvalue weighted by Gasteiger charge is -2.07. The molecule has 0 saturated carbocycles. The lowest BCUT2D eigenvalue weighted by atomic mass is 10.2. The number of thiazole rings is 1. The van der Waals surface area contributed by atoms with Gasteiger partial charge < -0.3 is 9.72 Å². The van der Waals surface area contributed by atoms with E-state index in [2.05, 4.69) is 15.3 Å². The number of carbonyl (C=O) groups excluding carboxylic acids is 1. The summed E-state index contributed by atoms with van der Waals surface area (Å²) in [5.74, 6) is 0.661. The summed E-state index contributed by atoms with van der Waals surface area (Å²) in [6.07, 6.45) is -0.527. The SMILES string of the molecule is O=C(Nc1sc(-c2nc3ccccc3[nH]2)nc1-c1ccccc1)OCc1ccccc1. The molecular weight excluding hydrogens is 408 g/mol. The quantitative estimate of drug-likeness (QED) is 0.356. The first kappa shape index (κ1) is 19.0. The third-order valence-corrected chi connectivity index (χ3v) is 5.67. The van der Waals surface area contributed by atoms with E-state index in [4.69, 9.17) is 9.72 Å². The van der Waals surface area contributed by atoms with E-state index in [-0.39, 0.29) is 6.61 Å². The number of nitrogens with one attached hydrogen (secondary N) is 2. The lowest BCUT2D eigenvalue weighted by Crippen LogP contribution is -2.13. The largest absolute Gasteiger partial charge is 0.444 e. The van der Waals surface area contributed by atoms with Crippen LogP contribution in [-0.2, 0) is 11.3 Å². The van der Waals surface area contributed by atoms with Crippen LogP contribution < -0.4 is 5.32 Å². The number of amides is 1. The summed E-state index contributed by atoms with van der Waals surface area (Å²) in [7, 11) is 0. The zero-order chi connectivity index (χ0) is 21.0. The fourth-order valence-corrected chi connectivity index (χ4v) is 4.12. The second-order valence-electron chi connectivity index (χ2n) is 6.85. The minimum atomic E-state index is -0.527. The van der Waals surface area contributed by atoms with Crippen LogP contribution in [0, 0.1) is 0 Å². The highest BCUT2D eigenvalue weighted by molar-refractivity contribution is 7.19. The number of imidazole rings is 1. The Bertz CT molecular complexity index is 1300. The molecule has 6 nitrogen and oxygen atoms in total. The minimum absolute atomic E-state index is 0.197. The predicted octanol–water partition coefficient (Wildman–Crippen LogP) is 6.10. The topological polar surface area (TPSA) is 79.9 Å². The van der Waals surface area contributed by atoms with E-state index >= 15 is 0 Å². The molecule has 0 fully saturated rings. The molecule has 0 spiro atoms. The molecule has 0 atom stereocenters. The molecular formula is C24H18N4O2S. The van der Waals surface area contributed by atoms with Gasteiger partial charge in [-0.2, -0.15) is 0 Å². The Morgan fingerprint density at radius 1 is 0.903 bits per heavy atom. The number of ether oxygens (including phenoxy) is 1. The summed E-state index contributed by atoms with van der Waals surface area (Å²) in [6, 6.07) is 27.1. The molecule has 0 radical (unpaired) electrons. The first-order valence-corrected chi connectivity index (χ1v) is 10.6. The van der Waals surface area contributed by atoms with Gasteiger partial charge in [0.1, 0.15) is 17.3 Å². The van der Waals surface area contributed by atoms with Gasteiger partial charge in [0.2, 0.25) is 0 Å². The van der Waals surface area contributed by atoms with Crippen molar-refractivity contribution in [2.24, 2.45) is 0 Å². The van der Waals surface area contributed by atoms with Crippen LogP contribution in [0.5, 0.6) is 0 Å². The third-order valence-electron chi connectivity index (χ3n) is 4.69. The predicted molar refractivity (Wildman–Crippen MR) is 123 cm³/mol. The smallest absolute Gasteiger partial charge is 0.412 e. The Morgan fingerprint density at radius 3 is 2.39 bits per heavy atom. The van der Waals surface area contributed by atoms with Crippen molar-refractivity contribution in [1.82, 2.24) is 15.0 Å². The van der Waals surface area contributed by atoms with Crippen LogP contribution in [0.15, 0.2) is 84.9 Å². The number of carbonyl (C=O) groups is 1. The molecule has 2 aromatic heterocycles. The van der Waals surface area contributed by atoms with Gasteiger partial charge in [-0.15, -0.1) is 0 Å². The van der Waals surface area contributed by atoms with Crippen LogP contribution in [0.25, 0.3) is 33.1 Å². The van der Waals surface area contributed by atoms with Crippen molar-refractivity contribution < 1.29 is 9.53 Å².